The normalized spacial score (nSPS) is 17.5. The first-order valence-electron chi connectivity index (χ1n) is 8.03. The molecule has 1 aliphatic rings. The van der Waals surface area contributed by atoms with Gasteiger partial charge in [0.1, 0.15) is 0 Å². The number of nitrogens with one attached hydrogen (secondary N) is 1. The minimum Gasteiger partial charge on any atom is -0.419 e. The maximum atomic E-state index is 11.9. The molecule has 2 rings (SSSR count). The highest BCUT2D eigenvalue weighted by molar-refractivity contribution is 8.13. The van der Waals surface area contributed by atoms with Crippen molar-refractivity contribution in [3.63, 3.8) is 0 Å². The zero-order valence-electron chi connectivity index (χ0n) is 15.1. The number of esters is 2. The molecule has 0 bridgehead atoms. The van der Waals surface area contributed by atoms with Crippen molar-refractivity contribution in [2.75, 3.05) is 6.26 Å². The molecule has 26 heavy (non-hydrogen) atoms. The molecular formula is C18H21N3O4S. The van der Waals surface area contributed by atoms with Crippen LogP contribution in [0, 0.1) is 0 Å². The Morgan fingerprint density at radius 2 is 1.81 bits per heavy atom. The molecule has 1 aromatic carbocycles. The van der Waals surface area contributed by atoms with Crippen molar-refractivity contribution in [3.05, 3.63) is 47.7 Å². The summed E-state index contributed by atoms with van der Waals surface area (Å²) >= 11 is 1.29. The van der Waals surface area contributed by atoms with Gasteiger partial charge in [-0.25, -0.2) is 14.6 Å². The number of carbonyl (C=O) groups excluding carboxylic acids is 2. The molecule has 8 heteroatoms. The van der Waals surface area contributed by atoms with E-state index in [1.54, 1.807) is 6.26 Å². The van der Waals surface area contributed by atoms with E-state index in [0.29, 0.717) is 5.17 Å². The van der Waals surface area contributed by atoms with Crippen molar-refractivity contribution < 1.29 is 19.1 Å². The monoisotopic (exact) mass is 375 g/mol. The number of hydrogen-bond donors (Lipinski definition) is 1. The van der Waals surface area contributed by atoms with Crippen molar-refractivity contribution in [2.24, 2.45) is 10.1 Å². The van der Waals surface area contributed by atoms with Crippen LogP contribution >= 0.6 is 11.8 Å². The largest absolute Gasteiger partial charge is 0.419 e. The maximum Gasteiger partial charge on any atom is 0.350 e. The van der Waals surface area contributed by atoms with Crippen LogP contribution in [0.4, 0.5) is 0 Å². The molecule has 1 fully saturated rings. The van der Waals surface area contributed by atoms with Crippen molar-refractivity contribution in [3.8, 4) is 0 Å². The third-order valence-corrected chi connectivity index (χ3v) is 3.93. The van der Waals surface area contributed by atoms with E-state index in [9.17, 15) is 9.59 Å². The Morgan fingerprint density at radius 3 is 2.35 bits per heavy atom. The summed E-state index contributed by atoms with van der Waals surface area (Å²) in [6, 6.07) is 9.76. The predicted molar refractivity (Wildman–Crippen MR) is 102 cm³/mol. The Morgan fingerprint density at radius 1 is 1.19 bits per heavy atom. The van der Waals surface area contributed by atoms with Gasteiger partial charge in [-0.3, -0.25) is 5.43 Å². The van der Waals surface area contributed by atoms with Crippen molar-refractivity contribution >= 4 is 34.6 Å². The Labute approximate surface area is 156 Å². The van der Waals surface area contributed by atoms with E-state index in [4.69, 9.17) is 9.47 Å². The lowest BCUT2D eigenvalue weighted by Gasteiger charge is -2.29. The van der Waals surface area contributed by atoms with E-state index in [0.717, 1.165) is 23.9 Å². The number of hydrogen-bond acceptors (Lipinski definition) is 7. The van der Waals surface area contributed by atoms with Gasteiger partial charge in [-0.2, -0.15) is 5.10 Å². The number of rotatable bonds is 4. The molecule has 0 radical (unpaired) electrons. The number of ether oxygens (including phenoxy) is 2. The second kappa shape index (κ2) is 8.66. The lowest BCUT2D eigenvalue weighted by Crippen LogP contribution is -2.41. The SMILES string of the molecule is CC/C(=N\NC(=NC=C1C(=O)OC(C)(C)OC1=O)SC)c1ccccc1. The Kier molecular flexibility index (Phi) is 6.57. The molecule has 0 aliphatic carbocycles. The number of nitrogens with zero attached hydrogens (tertiary/aromatic N) is 2. The minimum absolute atomic E-state index is 0.263. The summed E-state index contributed by atoms with van der Waals surface area (Å²) < 4.78 is 10.0. The molecule has 0 saturated carbocycles. The number of amidine groups is 1. The van der Waals surface area contributed by atoms with E-state index in [1.807, 2.05) is 37.3 Å². The molecule has 0 atom stereocenters. The molecule has 0 unspecified atom stereocenters. The molecule has 1 aliphatic heterocycles. The molecular weight excluding hydrogens is 354 g/mol. The van der Waals surface area contributed by atoms with Gasteiger partial charge in [0.2, 0.25) is 0 Å². The van der Waals surface area contributed by atoms with Crippen LogP contribution in [0.5, 0.6) is 0 Å². The van der Waals surface area contributed by atoms with Gasteiger partial charge < -0.3 is 9.47 Å². The van der Waals surface area contributed by atoms with Crippen LogP contribution < -0.4 is 5.43 Å². The third-order valence-electron chi connectivity index (χ3n) is 3.35. The summed E-state index contributed by atoms with van der Waals surface area (Å²) in [5.41, 5.74) is 4.46. The number of cyclic esters (lactones) is 2. The van der Waals surface area contributed by atoms with Gasteiger partial charge in [0.15, 0.2) is 10.7 Å². The lowest BCUT2D eigenvalue weighted by molar-refractivity contribution is -0.222. The molecule has 1 heterocycles. The smallest absolute Gasteiger partial charge is 0.350 e. The molecule has 0 aromatic heterocycles. The highest BCUT2D eigenvalue weighted by Gasteiger charge is 2.38. The van der Waals surface area contributed by atoms with Crippen LogP contribution in [0.25, 0.3) is 0 Å². The molecule has 7 nitrogen and oxygen atoms in total. The van der Waals surface area contributed by atoms with Crippen LogP contribution in [-0.4, -0.2) is 34.9 Å². The molecule has 138 valence electrons. The minimum atomic E-state index is -1.27. The summed E-state index contributed by atoms with van der Waals surface area (Å²) in [5, 5.41) is 4.78. The van der Waals surface area contributed by atoms with E-state index in [1.165, 1.54) is 25.6 Å². The van der Waals surface area contributed by atoms with Crippen molar-refractivity contribution in [1.29, 1.82) is 0 Å². The van der Waals surface area contributed by atoms with Gasteiger partial charge in [-0.15, -0.1) is 0 Å². The predicted octanol–water partition coefficient (Wildman–Crippen LogP) is 2.83. The fourth-order valence-electron chi connectivity index (χ4n) is 2.11. The Balaban J connectivity index is 2.16. The van der Waals surface area contributed by atoms with Crippen molar-refractivity contribution in [1.82, 2.24) is 5.43 Å². The first kappa shape index (κ1) is 19.7. The van der Waals surface area contributed by atoms with E-state index >= 15 is 0 Å². The number of carbonyl (C=O) groups is 2. The summed E-state index contributed by atoms with van der Waals surface area (Å²) in [7, 11) is 0. The first-order valence-corrected chi connectivity index (χ1v) is 9.25. The fraction of sp³-hybridized carbons (Fsp3) is 0.333. The third kappa shape index (κ3) is 5.19. The first-order chi connectivity index (χ1) is 12.4. The second-order valence-electron chi connectivity index (χ2n) is 5.75. The topological polar surface area (TPSA) is 89.3 Å². The van der Waals surface area contributed by atoms with Crippen LogP contribution in [0.15, 0.2) is 52.2 Å². The van der Waals surface area contributed by atoms with Gasteiger partial charge >= 0.3 is 11.9 Å². The molecule has 0 spiro atoms. The quantitative estimate of drug-likeness (QED) is 0.217. The number of benzene rings is 1. The summed E-state index contributed by atoms with van der Waals surface area (Å²) in [5.74, 6) is -2.80. The number of hydrazone groups is 1. The Bertz CT molecular complexity index is 748. The highest BCUT2D eigenvalue weighted by Crippen LogP contribution is 2.22. The molecule has 1 saturated heterocycles. The average Bonchev–Trinajstić information content (AvgIpc) is 2.59. The van der Waals surface area contributed by atoms with Gasteiger partial charge in [0.25, 0.3) is 5.79 Å². The van der Waals surface area contributed by atoms with E-state index in [-0.39, 0.29) is 5.57 Å². The van der Waals surface area contributed by atoms with Crippen LogP contribution in [-0.2, 0) is 19.1 Å². The van der Waals surface area contributed by atoms with E-state index in [2.05, 4.69) is 15.5 Å². The molecule has 1 aromatic rings. The average molecular weight is 375 g/mol. The summed E-state index contributed by atoms with van der Waals surface area (Å²) in [6.45, 7) is 4.98. The number of aliphatic imine (C=N–C) groups is 1. The molecule has 0 amide bonds. The fourth-order valence-corrected chi connectivity index (χ4v) is 2.41. The second-order valence-corrected chi connectivity index (χ2v) is 6.54. The summed E-state index contributed by atoms with van der Waals surface area (Å²) in [6.07, 6.45) is 3.66. The van der Waals surface area contributed by atoms with Gasteiger partial charge in [0.05, 0.1) is 11.9 Å². The lowest BCUT2D eigenvalue weighted by atomic mass is 10.1. The highest BCUT2D eigenvalue weighted by atomic mass is 32.2. The van der Waals surface area contributed by atoms with Crippen molar-refractivity contribution in [2.45, 2.75) is 33.0 Å². The van der Waals surface area contributed by atoms with Crippen LogP contribution in [0.1, 0.15) is 32.8 Å². The molecule has 1 N–H and O–H groups in total. The van der Waals surface area contributed by atoms with E-state index < -0.39 is 17.7 Å². The van der Waals surface area contributed by atoms with Gasteiger partial charge in [0, 0.05) is 13.8 Å². The summed E-state index contributed by atoms with van der Waals surface area (Å²) in [4.78, 5) is 27.9. The zero-order valence-corrected chi connectivity index (χ0v) is 15.9. The van der Waals surface area contributed by atoms with Crippen LogP contribution in [0.2, 0.25) is 0 Å². The zero-order chi connectivity index (χ0) is 19.2. The van der Waals surface area contributed by atoms with Gasteiger partial charge in [-0.1, -0.05) is 49.0 Å². The standard InChI is InChI=1S/C18H21N3O4S/c1-5-14(12-9-7-6-8-10-12)20-21-17(26-4)19-11-13-15(22)24-18(2,3)25-16(13)23/h6-11H,5H2,1-4H3,(H,19,21)/b20-14+. The Hall–Kier alpha value is -2.61. The van der Waals surface area contributed by atoms with Crippen LogP contribution in [0.3, 0.4) is 0 Å². The number of thioether (sulfide) groups is 1. The maximum absolute atomic E-state index is 11.9. The van der Waals surface area contributed by atoms with Gasteiger partial charge in [-0.05, 0) is 18.2 Å².